The molecule has 1 aliphatic heterocycles. The molecular formula is C16H29N3. The second-order valence-electron chi connectivity index (χ2n) is 7.12. The normalized spacial score (nSPS) is 18.1. The van der Waals surface area contributed by atoms with E-state index >= 15 is 0 Å². The van der Waals surface area contributed by atoms with E-state index in [1.165, 1.54) is 45.2 Å². The van der Waals surface area contributed by atoms with Gasteiger partial charge in [0.2, 0.25) is 0 Å². The monoisotopic (exact) mass is 263 g/mol. The van der Waals surface area contributed by atoms with E-state index in [4.69, 9.17) is 0 Å². The molecule has 1 aromatic heterocycles. The van der Waals surface area contributed by atoms with Crippen LogP contribution in [0.2, 0.25) is 0 Å². The summed E-state index contributed by atoms with van der Waals surface area (Å²) in [6.45, 7) is 11.9. The van der Waals surface area contributed by atoms with Gasteiger partial charge in [-0.05, 0) is 79.0 Å². The molecule has 0 amide bonds. The Bertz CT molecular complexity index is 373. The van der Waals surface area contributed by atoms with Gasteiger partial charge in [0.05, 0.1) is 5.54 Å². The van der Waals surface area contributed by atoms with E-state index in [1.54, 1.807) is 0 Å². The molecule has 2 heterocycles. The second-order valence-corrected chi connectivity index (χ2v) is 7.12. The summed E-state index contributed by atoms with van der Waals surface area (Å²) in [7, 11) is 0. The van der Waals surface area contributed by atoms with Crippen LogP contribution in [0.25, 0.3) is 0 Å². The first kappa shape index (κ1) is 14.6. The molecular weight excluding hydrogens is 234 g/mol. The van der Waals surface area contributed by atoms with Crippen LogP contribution < -0.4 is 0 Å². The lowest BCUT2D eigenvalue weighted by molar-refractivity contribution is 0.134. The zero-order valence-corrected chi connectivity index (χ0v) is 13.0. The molecule has 0 N–H and O–H groups in total. The van der Waals surface area contributed by atoms with Gasteiger partial charge in [0.1, 0.15) is 0 Å². The number of hydrogen-bond donors (Lipinski definition) is 0. The van der Waals surface area contributed by atoms with Crippen LogP contribution in [0, 0.1) is 0 Å². The van der Waals surface area contributed by atoms with Crippen molar-refractivity contribution in [1.82, 2.24) is 14.7 Å². The van der Waals surface area contributed by atoms with Crippen LogP contribution in [-0.2, 0) is 5.54 Å². The van der Waals surface area contributed by atoms with Gasteiger partial charge in [-0.3, -0.25) is 9.58 Å². The standard InChI is InChI=1S/C16H29N3/c1-15(2,18-12-5-6-13-18)9-7-10-16(3,4)19-14-8-11-17-19/h8,11,14H,5-7,9-10,12-13H2,1-4H3. The van der Waals surface area contributed by atoms with Crippen LogP contribution in [-0.4, -0.2) is 33.3 Å². The lowest BCUT2D eigenvalue weighted by Crippen LogP contribution is -2.42. The molecule has 3 nitrogen and oxygen atoms in total. The molecule has 0 bridgehead atoms. The highest BCUT2D eigenvalue weighted by Crippen LogP contribution is 2.29. The van der Waals surface area contributed by atoms with Crippen LogP contribution in [0.15, 0.2) is 18.5 Å². The fraction of sp³-hybridized carbons (Fsp3) is 0.812. The average molecular weight is 263 g/mol. The Morgan fingerprint density at radius 1 is 1.00 bits per heavy atom. The van der Waals surface area contributed by atoms with Crippen LogP contribution in [0.4, 0.5) is 0 Å². The van der Waals surface area contributed by atoms with E-state index < -0.39 is 0 Å². The molecule has 0 aliphatic carbocycles. The molecule has 108 valence electrons. The maximum atomic E-state index is 4.39. The van der Waals surface area contributed by atoms with Crippen LogP contribution in [0.1, 0.15) is 59.8 Å². The van der Waals surface area contributed by atoms with Crippen molar-refractivity contribution < 1.29 is 0 Å². The summed E-state index contributed by atoms with van der Waals surface area (Å²) in [5.74, 6) is 0. The highest BCUT2D eigenvalue weighted by Gasteiger charge is 2.29. The van der Waals surface area contributed by atoms with Crippen LogP contribution in [0.5, 0.6) is 0 Å². The first-order valence-electron chi connectivity index (χ1n) is 7.67. The van der Waals surface area contributed by atoms with E-state index in [0.29, 0.717) is 5.54 Å². The van der Waals surface area contributed by atoms with E-state index in [-0.39, 0.29) is 5.54 Å². The molecule has 0 aromatic carbocycles. The number of hydrogen-bond acceptors (Lipinski definition) is 2. The van der Waals surface area contributed by atoms with Crippen LogP contribution >= 0.6 is 0 Å². The molecule has 0 unspecified atom stereocenters. The Hall–Kier alpha value is -0.830. The zero-order chi connectivity index (χ0) is 13.9. The Labute approximate surface area is 118 Å². The molecule has 1 aromatic rings. The molecule has 0 atom stereocenters. The first-order chi connectivity index (χ1) is 8.92. The van der Waals surface area contributed by atoms with E-state index in [9.17, 15) is 0 Å². The lowest BCUT2D eigenvalue weighted by Gasteiger charge is -2.36. The fourth-order valence-electron chi connectivity index (χ4n) is 3.18. The highest BCUT2D eigenvalue weighted by molar-refractivity contribution is 4.88. The van der Waals surface area contributed by atoms with Crippen molar-refractivity contribution in [3.63, 3.8) is 0 Å². The Morgan fingerprint density at radius 3 is 2.21 bits per heavy atom. The number of aromatic nitrogens is 2. The van der Waals surface area contributed by atoms with Gasteiger partial charge in [-0.25, -0.2) is 0 Å². The second kappa shape index (κ2) is 5.66. The molecule has 3 heteroatoms. The molecule has 2 rings (SSSR count). The summed E-state index contributed by atoms with van der Waals surface area (Å²) < 4.78 is 2.09. The smallest absolute Gasteiger partial charge is 0.0571 e. The predicted octanol–water partition coefficient (Wildman–Crippen LogP) is 3.66. The molecule has 1 fully saturated rings. The fourth-order valence-corrected chi connectivity index (χ4v) is 3.18. The summed E-state index contributed by atoms with van der Waals surface area (Å²) in [6, 6.07) is 2.01. The van der Waals surface area contributed by atoms with Gasteiger partial charge in [0.25, 0.3) is 0 Å². The third kappa shape index (κ3) is 3.59. The summed E-state index contributed by atoms with van der Waals surface area (Å²) in [5.41, 5.74) is 0.487. The third-order valence-electron chi connectivity index (χ3n) is 4.66. The van der Waals surface area contributed by atoms with E-state index in [0.717, 1.165) is 0 Å². The van der Waals surface area contributed by atoms with Gasteiger partial charge >= 0.3 is 0 Å². The minimum absolute atomic E-state index is 0.130. The molecule has 19 heavy (non-hydrogen) atoms. The Balaban J connectivity index is 1.82. The zero-order valence-electron chi connectivity index (χ0n) is 13.0. The number of nitrogens with zero attached hydrogens (tertiary/aromatic N) is 3. The van der Waals surface area contributed by atoms with Crippen molar-refractivity contribution in [2.24, 2.45) is 0 Å². The Morgan fingerprint density at radius 2 is 1.63 bits per heavy atom. The highest BCUT2D eigenvalue weighted by atomic mass is 15.3. The summed E-state index contributed by atoms with van der Waals surface area (Å²) >= 11 is 0. The summed E-state index contributed by atoms with van der Waals surface area (Å²) in [4.78, 5) is 2.66. The van der Waals surface area contributed by atoms with Gasteiger partial charge in [0, 0.05) is 17.9 Å². The summed E-state index contributed by atoms with van der Waals surface area (Å²) in [6.07, 6.45) is 10.4. The van der Waals surface area contributed by atoms with Crippen molar-refractivity contribution in [1.29, 1.82) is 0 Å². The van der Waals surface area contributed by atoms with Gasteiger partial charge in [-0.1, -0.05) is 0 Å². The molecule has 0 saturated carbocycles. The Kier molecular flexibility index (Phi) is 4.34. The predicted molar refractivity (Wildman–Crippen MR) is 80.3 cm³/mol. The maximum Gasteiger partial charge on any atom is 0.0571 e. The minimum Gasteiger partial charge on any atom is -0.298 e. The van der Waals surface area contributed by atoms with Crippen LogP contribution in [0.3, 0.4) is 0 Å². The quantitative estimate of drug-likeness (QED) is 0.781. The van der Waals surface area contributed by atoms with Gasteiger partial charge in [-0.2, -0.15) is 5.10 Å². The minimum atomic E-state index is 0.130. The van der Waals surface area contributed by atoms with E-state index in [1.807, 2.05) is 12.3 Å². The van der Waals surface area contributed by atoms with Crippen molar-refractivity contribution in [3.8, 4) is 0 Å². The van der Waals surface area contributed by atoms with Crippen molar-refractivity contribution in [2.75, 3.05) is 13.1 Å². The third-order valence-corrected chi connectivity index (χ3v) is 4.66. The maximum absolute atomic E-state index is 4.39. The first-order valence-corrected chi connectivity index (χ1v) is 7.67. The number of likely N-dealkylation sites (tertiary alicyclic amines) is 1. The molecule has 0 spiro atoms. The largest absolute Gasteiger partial charge is 0.298 e. The summed E-state index contributed by atoms with van der Waals surface area (Å²) in [5, 5.41) is 4.39. The topological polar surface area (TPSA) is 21.1 Å². The van der Waals surface area contributed by atoms with Crippen molar-refractivity contribution in [3.05, 3.63) is 18.5 Å². The van der Waals surface area contributed by atoms with Crippen molar-refractivity contribution in [2.45, 2.75) is 70.9 Å². The lowest BCUT2D eigenvalue weighted by atomic mass is 9.90. The van der Waals surface area contributed by atoms with E-state index in [2.05, 4.69) is 48.6 Å². The van der Waals surface area contributed by atoms with Gasteiger partial charge < -0.3 is 0 Å². The average Bonchev–Trinajstić information content (AvgIpc) is 3.03. The molecule has 1 aliphatic rings. The van der Waals surface area contributed by atoms with Gasteiger partial charge in [-0.15, -0.1) is 0 Å². The van der Waals surface area contributed by atoms with Gasteiger partial charge in [0.15, 0.2) is 0 Å². The number of rotatable bonds is 6. The molecule has 0 radical (unpaired) electrons. The molecule has 1 saturated heterocycles. The SMILES string of the molecule is CC(C)(CCCC(C)(C)n1cccn1)N1CCCC1. The van der Waals surface area contributed by atoms with Crippen molar-refractivity contribution >= 4 is 0 Å².